The highest BCUT2D eigenvalue weighted by atomic mass is 32.2. The van der Waals surface area contributed by atoms with Crippen molar-refractivity contribution in [2.24, 2.45) is 0 Å². The molecule has 0 aromatic heterocycles. The molecule has 2 aromatic carbocycles. The normalized spacial score (nSPS) is 16.5. The smallest absolute Gasteiger partial charge is 0.410 e. The minimum atomic E-state index is -3.52. The highest BCUT2D eigenvalue weighted by Crippen LogP contribution is 2.32. The first-order valence-corrected chi connectivity index (χ1v) is 12.2. The van der Waals surface area contributed by atoms with Gasteiger partial charge in [-0.3, -0.25) is 0 Å². The van der Waals surface area contributed by atoms with Crippen LogP contribution in [0.1, 0.15) is 50.8 Å². The molecule has 1 N–H and O–H groups in total. The Labute approximate surface area is 185 Å². The van der Waals surface area contributed by atoms with Gasteiger partial charge in [0.05, 0.1) is 9.79 Å². The van der Waals surface area contributed by atoms with Crippen LogP contribution >= 0.6 is 0 Å². The Morgan fingerprint density at radius 1 is 1.13 bits per heavy atom. The van der Waals surface area contributed by atoms with Gasteiger partial charge in [-0.05, 0) is 75.4 Å². The fraction of sp³-hybridized carbons (Fsp3) is 0.458. The fourth-order valence-corrected chi connectivity index (χ4v) is 5.08. The van der Waals surface area contributed by atoms with Gasteiger partial charge in [-0.2, -0.15) is 0 Å². The zero-order chi connectivity index (χ0) is 22.6. The van der Waals surface area contributed by atoms with Gasteiger partial charge in [0.25, 0.3) is 0 Å². The topological polar surface area (TPSA) is 75.7 Å². The number of carbonyl (C=O) groups excluding carboxylic acids is 1. The van der Waals surface area contributed by atoms with Crippen molar-refractivity contribution >= 4 is 15.9 Å². The Kier molecular flexibility index (Phi) is 7.06. The van der Waals surface area contributed by atoms with Crippen LogP contribution in [-0.4, -0.2) is 45.1 Å². The number of sulfone groups is 1. The lowest BCUT2D eigenvalue weighted by Crippen LogP contribution is -2.39. The molecular formula is C24H32N2O4S. The second-order valence-electron chi connectivity index (χ2n) is 8.98. The summed E-state index contributed by atoms with van der Waals surface area (Å²) >= 11 is 0. The van der Waals surface area contributed by atoms with E-state index in [1.807, 2.05) is 39.0 Å². The molecule has 0 spiro atoms. The van der Waals surface area contributed by atoms with E-state index < -0.39 is 15.4 Å². The molecule has 0 bridgehead atoms. The molecule has 3 rings (SSSR count). The molecule has 0 saturated carbocycles. The van der Waals surface area contributed by atoms with Gasteiger partial charge in [0.2, 0.25) is 9.84 Å². The van der Waals surface area contributed by atoms with E-state index in [0.717, 1.165) is 30.4 Å². The first-order chi connectivity index (χ1) is 14.6. The number of benzene rings is 2. The number of amides is 1. The quantitative estimate of drug-likeness (QED) is 0.717. The third-order valence-corrected chi connectivity index (χ3v) is 7.10. The van der Waals surface area contributed by atoms with E-state index in [4.69, 9.17) is 4.74 Å². The second kappa shape index (κ2) is 9.40. The van der Waals surface area contributed by atoms with Crippen molar-refractivity contribution in [3.05, 3.63) is 59.7 Å². The standard InChI is InChI=1S/C24H32N2O4S/c1-24(2,3)30-23(27)26(4)16-15-25-22-12-8-9-18-17-20(13-14-21(18)22)31(28,29)19-10-6-5-7-11-19/h5-7,10-11,13-14,17,22,25H,8-9,12,15-16H2,1-4H3. The van der Waals surface area contributed by atoms with E-state index >= 15 is 0 Å². The maximum Gasteiger partial charge on any atom is 0.410 e. The average Bonchev–Trinajstić information content (AvgIpc) is 2.72. The zero-order valence-corrected chi connectivity index (χ0v) is 19.5. The number of aryl methyl sites for hydroxylation is 1. The van der Waals surface area contributed by atoms with Crippen molar-refractivity contribution in [3.8, 4) is 0 Å². The number of carbonyl (C=O) groups is 1. The minimum absolute atomic E-state index is 0.143. The fourth-order valence-electron chi connectivity index (χ4n) is 3.74. The predicted octanol–water partition coefficient (Wildman–Crippen LogP) is 4.35. The van der Waals surface area contributed by atoms with E-state index in [0.29, 0.717) is 22.9 Å². The number of hydrogen-bond acceptors (Lipinski definition) is 5. The van der Waals surface area contributed by atoms with Crippen molar-refractivity contribution in [2.45, 2.75) is 61.5 Å². The number of rotatable bonds is 6. The number of ether oxygens (including phenoxy) is 1. The predicted molar refractivity (Wildman–Crippen MR) is 121 cm³/mol. The molecule has 7 heteroatoms. The van der Waals surface area contributed by atoms with Gasteiger partial charge in [0.15, 0.2) is 0 Å². The third kappa shape index (κ3) is 5.86. The Bertz CT molecular complexity index is 1010. The van der Waals surface area contributed by atoms with Crippen LogP contribution in [0.4, 0.5) is 4.79 Å². The number of nitrogens with one attached hydrogen (secondary N) is 1. The van der Waals surface area contributed by atoms with Gasteiger partial charge in [-0.15, -0.1) is 0 Å². The molecule has 1 amide bonds. The lowest BCUT2D eigenvalue weighted by Gasteiger charge is -2.28. The summed E-state index contributed by atoms with van der Waals surface area (Å²) in [6.45, 7) is 6.71. The van der Waals surface area contributed by atoms with Gasteiger partial charge < -0.3 is 15.0 Å². The molecule has 0 radical (unpaired) electrons. The molecule has 6 nitrogen and oxygen atoms in total. The van der Waals surface area contributed by atoms with Crippen molar-refractivity contribution in [3.63, 3.8) is 0 Å². The lowest BCUT2D eigenvalue weighted by atomic mass is 9.88. The van der Waals surface area contributed by atoms with Crippen LogP contribution in [0.2, 0.25) is 0 Å². The van der Waals surface area contributed by atoms with Crippen LogP contribution in [0.25, 0.3) is 0 Å². The maximum absolute atomic E-state index is 12.9. The number of nitrogens with zero attached hydrogens (tertiary/aromatic N) is 1. The highest BCUT2D eigenvalue weighted by Gasteiger charge is 2.24. The van der Waals surface area contributed by atoms with E-state index in [2.05, 4.69) is 5.32 Å². The average molecular weight is 445 g/mol. The summed E-state index contributed by atoms with van der Waals surface area (Å²) in [7, 11) is -1.79. The molecule has 1 aliphatic carbocycles. The molecule has 1 unspecified atom stereocenters. The summed E-state index contributed by atoms with van der Waals surface area (Å²) < 4.78 is 31.3. The van der Waals surface area contributed by atoms with Gasteiger partial charge in [-0.25, -0.2) is 13.2 Å². The minimum Gasteiger partial charge on any atom is -0.444 e. The Morgan fingerprint density at radius 3 is 2.52 bits per heavy atom. The molecule has 1 atom stereocenters. The summed E-state index contributed by atoms with van der Waals surface area (Å²) in [6.07, 6.45) is 2.49. The molecule has 0 heterocycles. The molecule has 0 aliphatic heterocycles. The van der Waals surface area contributed by atoms with Crippen LogP contribution in [0.3, 0.4) is 0 Å². The van der Waals surface area contributed by atoms with E-state index in [1.54, 1.807) is 42.3 Å². The monoisotopic (exact) mass is 444 g/mol. The number of fused-ring (bicyclic) bond motifs is 1. The Morgan fingerprint density at radius 2 is 1.84 bits per heavy atom. The van der Waals surface area contributed by atoms with Crippen molar-refractivity contribution in [2.75, 3.05) is 20.1 Å². The van der Waals surface area contributed by atoms with E-state index in [9.17, 15) is 13.2 Å². The highest BCUT2D eigenvalue weighted by molar-refractivity contribution is 7.91. The number of hydrogen-bond donors (Lipinski definition) is 1. The molecule has 1 aliphatic rings. The summed E-state index contributed by atoms with van der Waals surface area (Å²) in [5.41, 5.74) is 1.69. The summed E-state index contributed by atoms with van der Waals surface area (Å²) in [6, 6.07) is 14.1. The summed E-state index contributed by atoms with van der Waals surface area (Å²) in [5, 5.41) is 3.52. The summed E-state index contributed by atoms with van der Waals surface area (Å²) in [5.74, 6) is 0. The largest absolute Gasteiger partial charge is 0.444 e. The second-order valence-corrected chi connectivity index (χ2v) is 10.9. The third-order valence-electron chi connectivity index (χ3n) is 5.34. The molecule has 2 aromatic rings. The van der Waals surface area contributed by atoms with Gasteiger partial charge in [-0.1, -0.05) is 24.3 Å². The van der Waals surface area contributed by atoms with Crippen molar-refractivity contribution in [1.82, 2.24) is 10.2 Å². The molecule has 0 fully saturated rings. The molecule has 168 valence electrons. The maximum atomic E-state index is 12.9. The SMILES string of the molecule is CN(CCNC1CCCc2cc(S(=O)(=O)c3ccccc3)ccc21)C(=O)OC(C)(C)C. The van der Waals surface area contributed by atoms with Gasteiger partial charge >= 0.3 is 6.09 Å². The van der Waals surface area contributed by atoms with Gasteiger partial charge in [0, 0.05) is 26.2 Å². The van der Waals surface area contributed by atoms with Crippen LogP contribution in [0.5, 0.6) is 0 Å². The lowest BCUT2D eigenvalue weighted by molar-refractivity contribution is 0.0299. The van der Waals surface area contributed by atoms with Gasteiger partial charge in [0.1, 0.15) is 5.60 Å². The van der Waals surface area contributed by atoms with Crippen LogP contribution in [-0.2, 0) is 21.0 Å². The van der Waals surface area contributed by atoms with Crippen LogP contribution in [0.15, 0.2) is 58.3 Å². The van der Waals surface area contributed by atoms with E-state index in [-0.39, 0.29) is 12.1 Å². The number of likely N-dealkylation sites (N-methyl/N-ethyl adjacent to an activating group) is 1. The molecule has 0 saturated heterocycles. The first kappa shape index (κ1) is 23.3. The van der Waals surface area contributed by atoms with Crippen LogP contribution in [0, 0.1) is 0 Å². The molecule has 31 heavy (non-hydrogen) atoms. The first-order valence-electron chi connectivity index (χ1n) is 10.7. The molecular weight excluding hydrogens is 412 g/mol. The summed E-state index contributed by atoms with van der Waals surface area (Å²) in [4.78, 5) is 14.3. The zero-order valence-electron chi connectivity index (χ0n) is 18.7. The van der Waals surface area contributed by atoms with Crippen LogP contribution < -0.4 is 5.32 Å². The van der Waals surface area contributed by atoms with E-state index in [1.165, 1.54) is 0 Å². The Hall–Kier alpha value is -2.38. The Balaban J connectivity index is 1.66. The van der Waals surface area contributed by atoms with Crippen molar-refractivity contribution in [1.29, 1.82) is 0 Å². The van der Waals surface area contributed by atoms with Crippen molar-refractivity contribution < 1.29 is 17.9 Å².